The van der Waals surface area contributed by atoms with Gasteiger partial charge in [0.2, 0.25) is 17.9 Å². The van der Waals surface area contributed by atoms with Crippen molar-refractivity contribution in [2.24, 2.45) is 0 Å². The molecule has 0 spiro atoms. The molecule has 0 bridgehead atoms. The number of rotatable bonds is 27. The van der Waals surface area contributed by atoms with Crippen LogP contribution in [0.5, 0.6) is 0 Å². The number of hydrogen-bond acceptors (Lipinski definition) is 10. The molecule has 0 aliphatic heterocycles. The number of amides is 4. The van der Waals surface area contributed by atoms with E-state index >= 15 is 0 Å². The fourth-order valence-electron chi connectivity index (χ4n) is 4.60. The van der Waals surface area contributed by atoms with Gasteiger partial charge in [-0.25, -0.2) is 19.2 Å². The van der Waals surface area contributed by atoms with Crippen molar-refractivity contribution in [2.45, 2.75) is 108 Å². The van der Waals surface area contributed by atoms with Crippen molar-refractivity contribution < 1.29 is 63.5 Å². The molecule has 1 rings (SSSR count). The van der Waals surface area contributed by atoms with Gasteiger partial charge >= 0.3 is 30.0 Å². The predicted octanol–water partition coefficient (Wildman–Crippen LogP) is 2.44. The van der Waals surface area contributed by atoms with Crippen LogP contribution in [0.3, 0.4) is 0 Å². The van der Waals surface area contributed by atoms with E-state index in [0.717, 1.165) is 0 Å². The number of pyridine rings is 1. The van der Waals surface area contributed by atoms with E-state index in [1.54, 1.807) is 12.3 Å². The lowest BCUT2D eigenvalue weighted by Crippen LogP contribution is -2.43. The van der Waals surface area contributed by atoms with Crippen LogP contribution in [0.1, 0.15) is 100 Å². The van der Waals surface area contributed by atoms with Crippen LogP contribution < -0.4 is 21.3 Å². The molecule has 0 aliphatic carbocycles. The standard InChI is InChI=1S/C32H46BrN5O13/c33-21-17-20(18-34-19-21)28(43)36-16-7-5-9-22(29(44)45)37-26(40)12-4-2-1-3-11-25(39)35-15-8-6-10-24(31(48)49)51-32(50)38-23(30(46)47)13-14-27(41)42/h17-19,22-24H,1-16H2,(H,35,39)(H,36,43)(H,37,40)(H,38,50)(H,41,42)(H,44,45)(H,46,47)(H,48,49)/t22?,23-,24-/m0/s1. The number of carbonyl (C=O) groups excluding carboxylic acids is 4. The highest BCUT2D eigenvalue weighted by molar-refractivity contribution is 9.10. The van der Waals surface area contributed by atoms with E-state index in [1.165, 1.54) is 6.20 Å². The van der Waals surface area contributed by atoms with Crippen LogP contribution in [0.2, 0.25) is 0 Å². The average molecular weight is 789 g/mol. The number of aromatic nitrogens is 1. The summed E-state index contributed by atoms with van der Waals surface area (Å²) in [5.41, 5.74) is 0.398. The number of nitrogens with zero attached hydrogens (tertiary/aromatic N) is 1. The maximum atomic E-state index is 12.3. The van der Waals surface area contributed by atoms with Crippen LogP contribution in [0.4, 0.5) is 4.79 Å². The molecule has 3 atom stereocenters. The molecule has 0 aromatic carbocycles. The Morgan fingerprint density at radius 1 is 0.647 bits per heavy atom. The maximum Gasteiger partial charge on any atom is 0.408 e. The van der Waals surface area contributed by atoms with Gasteiger partial charge in [0, 0.05) is 49.2 Å². The van der Waals surface area contributed by atoms with Crippen molar-refractivity contribution >= 4 is 63.6 Å². The summed E-state index contributed by atoms with van der Waals surface area (Å²) in [6.45, 7) is 0.588. The van der Waals surface area contributed by atoms with E-state index in [4.69, 9.17) is 14.9 Å². The first kappa shape index (κ1) is 44.2. The minimum Gasteiger partial charge on any atom is -0.481 e. The summed E-state index contributed by atoms with van der Waals surface area (Å²) < 4.78 is 5.46. The van der Waals surface area contributed by atoms with E-state index in [1.807, 2.05) is 5.32 Å². The van der Waals surface area contributed by atoms with Crippen LogP contribution in [0, 0.1) is 0 Å². The lowest BCUT2D eigenvalue weighted by molar-refractivity contribution is -0.147. The minimum absolute atomic E-state index is 0.0993. The summed E-state index contributed by atoms with van der Waals surface area (Å²) in [6, 6.07) is -0.969. The van der Waals surface area contributed by atoms with Gasteiger partial charge in [-0.1, -0.05) is 12.8 Å². The van der Waals surface area contributed by atoms with E-state index < -0.39 is 61.0 Å². The van der Waals surface area contributed by atoms with Crippen LogP contribution in [0.15, 0.2) is 22.9 Å². The summed E-state index contributed by atoms with van der Waals surface area (Å²) in [4.78, 5) is 97.2. The van der Waals surface area contributed by atoms with Gasteiger partial charge in [0.15, 0.2) is 0 Å². The number of carbonyl (C=O) groups is 8. The Hall–Kier alpha value is -4.81. The topological polar surface area (TPSA) is 288 Å². The molecule has 1 heterocycles. The lowest BCUT2D eigenvalue weighted by atomic mass is 10.1. The first-order valence-electron chi connectivity index (χ1n) is 16.5. The van der Waals surface area contributed by atoms with Crippen molar-refractivity contribution in [1.82, 2.24) is 26.3 Å². The molecule has 0 aliphatic rings. The van der Waals surface area contributed by atoms with Gasteiger partial charge in [-0.3, -0.25) is 24.2 Å². The molecule has 1 unspecified atom stereocenters. The molecule has 0 fully saturated rings. The largest absolute Gasteiger partial charge is 0.481 e. The molecule has 0 saturated heterocycles. The monoisotopic (exact) mass is 787 g/mol. The van der Waals surface area contributed by atoms with Gasteiger partial charge in [0.25, 0.3) is 5.91 Å². The number of carboxylic acid groups (broad SMARTS) is 4. The van der Waals surface area contributed by atoms with E-state index in [2.05, 4.69) is 36.9 Å². The molecule has 8 N–H and O–H groups in total. The molecular formula is C32H46BrN5O13. The highest BCUT2D eigenvalue weighted by Gasteiger charge is 2.26. The Kier molecular flexibility index (Phi) is 21.8. The van der Waals surface area contributed by atoms with Crippen molar-refractivity contribution in [3.05, 3.63) is 28.5 Å². The van der Waals surface area contributed by atoms with Gasteiger partial charge in [0.1, 0.15) is 12.1 Å². The van der Waals surface area contributed by atoms with E-state index in [0.29, 0.717) is 61.5 Å². The summed E-state index contributed by atoms with van der Waals surface area (Å²) >= 11 is 3.25. The third-order valence-electron chi connectivity index (χ3n) is 7.34. The van der Waals surface area contributed by atoms with E-state index in [9.17, 15) is 48.6 Å². The molecule has 51 heavy (non-hydrogen) atoms. The number of hydrogen-bond donors (Lipinski definition) is 8. The van der Waals surface area contributed by atoms with E-state index in [-0.39, 0.29) is 56.4 Å². The highest BCUT2D eigenvalue weighted by Crippen LogP contribution is 2.11. The van der Waals surface area contributed by atoms with Gasteiger partial charge in [-0.2, -0.15) is 0 Å². The first-order valence-corrected chi connectivity index (χ1v) is 17.3. The molecule has 1 aromatic rings. The van der Waals surface area contributed by atoms with Crippen LogP contribution in [-0.2, 0) is 33.5 Å². The average Bonchev–Trinajstić information content (AvgIpc) is 3.06. The Morgan fingerprint density at radius 2 is 1.24 bits per heavy atom. The second-order valence-corrected chi connectivity index (χ2v) is 12.5. The number of halogens is 1. The number of ether oxygens (including phenoxy) is 1. The van der Waals surface area contributed by atoms with Crippen LogP contribution in [-0.4, -0.2) is 104 Å². The molecule has 19 heteroatoms. The van der Waals surface area contributed by atoms with Gasteiger partial charge in [-0.05, 0) is 79.8 Å². The summed E-state index contributed by atoms with van der Waals surface area (Å²) in [5.74, 6) is -6.24. The minimum atomic E-state index is -1.57. The van der Waals surface area contributed by atoms with Gasteiger partial charge < -0.3 is 46.4 Å². The molecule has 18 nitrogen and oxygen atoms in total. The van der Waals surface area contributed by atoms with Crippen LogP contribution in [0.25, 0.3) is 0 Å². The molecule has 284 valence electrons. The molecule has 0 radical (unpaired) electrons. The van der Waals surface area contributed by atoms with Gasteiger partial charge in [0.05, 0.1) is 5.56 Å². The number of unbranched alkanes of at least 4 members (excludes halogenated alkanes) is 5. The zero-order chi connectivity index (χ0) is 38.2. The molecule has 0 saturated carbocycles. The summed E-state index contributed by atoms with van der Waals surface area (Å²) in [7, 11) is 0. The summed E-state index contributed by atoms with van der Waals surface area (Å²) in [6.07, 6.45) is 3.72. The first-order chi connectivity index (χ1) is 24.2. The Morgan fingerprint density at radius 3 is 1.82 bits per heavy atom. The van der Waals surface area contributed by atoms with Crippen LogP contribution >= 0.6 is 15.9 Å². The van der Waals surface area contributed by atoms with Crippen molar-refractivity contribution in [2.75, 3.05) is 13.1 Å². The Balaban J connectivity index is 2.17. The van der Waals surface area contributed by atoms with Crippen molar-refractivity contribution in [3.8, 4) is 0 Å². The zero-order valence-corrected chi connectivity index (χ0v) is 29.7. The third kappa shape index (κ3) is 21.1. The zero-order valence-electron chi connectivity index (χ0n) is 28.1. The smallest absolute Gasteiger partial charge is 0.408 e. The summed E-state index contributed by atoms with van der Waals surface area (Å²) in [5, 5.41) is 46.5. The third-order valence-corrected chi connectivity index (χ3v) is 7.77. The van der Waals surface area contributed by atoms with Crippen molar-refractivity contribution in [1.29, 1.82) is 0 Å². The highest BCUT2D eigenvalue weighted by atomic mass is 79.9. The normalized spacial score (nSPS) is 12.4. The maximum absolute atomic E-state index is 12.3. The number of carboxylic acids is 4. The quantitative estimate of drug-likeness (QED) is 0.0595. The fourth-order valence-corrected chi connectivity index (χ4v) is 4.96. The number of nitrogens with one attached hydrogen (secondary N) is 4. The molecule has 1 aromatic heterocycles. The molecule has 4 amide bonds. The fraction of sp³-hybridized carbons (Fsp3) is 0.594. The number of aliphatic carboxylic acids is 4. The Labute approximate surface area is 302 Å². The van der Waals surface area contributed by atoms with Gasteiger partial charge in [-0.15, -0.1) is 0 Å². The predicted molar refractivity (Wildman–Crippen MR) is 182 cm³/mol. The lowest BCUT2D eigenvalue weighted by Gasteiger charge is -2.17. The molecular weight excluding hydrogens is 742 g/mol. The Bertz CT molecular complexity index is 1350. The second-order valence-electron chi connectivity index (χ2n) is 11.6. The second kappa shape index (κ2) is 25.2. The van der Waals surface area contributed by atoms with Crippen molar-refractivity contribution in [3.63, 3.8) is 0 Å². The SMILES string of the molecule is O=C(O)CC[C@H](NC(=O)O[C@@H](CCCCNC(=O)CCCCCCC(=O)NC(CCCCNC(=O)c1cncc(Br)c1)C(=O)O)C(=O)O)C(=O)O. The number of alkyl carbamates (subject to hydrolysis) is 1.